The van der Waals surface area contributed by atoms with Gasteiger partial charge in [-0.1, -0.05) is 0 Å². The number of aryl methyl sites for hydroxylation is 1. The number of methoxy groups -OCH3 is 2. The molecule has 1 fully saturated rings. The van der Waals surface area contributed by atoms with Crippen LogP contribution in [0.5, 0.6) is 5.75 Å². The molecule has 0 bridgehead atoms. The Balaban J connectivity index is 2.35. The summed E-state index contributed by atoms with van der Waals surface area (Å²) >= 11 is 0. The number of hydrogen-bond acceptors (Lipinski definition) is 5. The Hall–Kier alpha value is -1.80. The lowest BCUT2D eigenvalue weighted by Gasteiger charge is -2.23. The fourth-order valence-electron chi connectivity index (χ4n) is 3.19. The molecule has 1 aliphatic rings. The fourth-order valence-corrected chi connectivity index (χ4v) is 5.02. The van der Waals surface area contributed by atoms with Gasteiger partial charge in [0, 0.05) is 26.2 Å². The zero-order valence-corrected chi connectivity index (χ0v) is 16.3. The second kappa shape index (κ2) is 7.61. The summed E-state index contributed by atoms with van der Waals surface area (Å²) in [5, 5.41) is 0. The van der Waals surface area contributed by atoms with Crippen LogP contribution in [0.25, 0.3) is 0 Å². The van der Waals surface area contributed by atoms with Gasteiger partial charge in [0.15, 0.2) is 0 Å². The number of benzene rings is 1. The maximum Gasteiger partial charge on any atom is 0.409 e. The highest BCUT2D eigenvalue weighted by Crippen LogP contribution is 2.32. The lowest BCUT2D eigenvalue weighted by molar-refractivity contribution is 0.126. The molecule has 7 nitrogen and oxygen atoms in total. The highest BCUT2D eigenvalue weighted by atomic mass is 32.2. The normalized spacial score (nSPS) is 16.4. The van der Waals surface area contributed by atoms with E-state index >= 15 is 0 Å². The molecule has 25 heavy (non-hydrogen) atoms. The van der Waals surface area contributed by atoms with E-state index in [1.165, 1.54) is 16.3 Å². The third kappa shape index (κ3) is 3.74. The standard InChI is InChI=1S/C17H26N2O5S/c1-12-11-15(13(2)14(3)16(12)23-4)25(21,22)19-8-6-7-18(9-10-19)17(20)24-5/h11H,6-10H2,1-5H3. The van der Waals surface area contributed by atoms with Crippen LogP contribution in [0.1, 0.15) is 23.1 Å². The summed E-state index contributed by atoms with van der Waals surface area (Å²) in [6.45, 7) is 6.92. The van der Waals surface area contributed by atoms with Crippen molar-refractivity contribution in [2.45, 2.75) is 32.1 Å². The van der Waals surface area contributed by atoms with Crippen molar-refractivity contribution in [3.8, 4) is 5.75 Å². The molecule has 0 aromatic heterocycles. The second-order valence-electron chi connectivity index (χ2n) is 6.19. The number of rotatable bonds is 3. The first kappa shape index (κ1) is 19.5. The van der Waals surface area contributed by atoms with Crippen LogP contribution < -0.4 is 4.74 Å². The highest BCUT2D eigenvalue weighted by molar-refractivity contribution is 7.89. The molecule has 0 unspecified atom stereocenters. The molecule has 1 aromatic carbocycles. The van der Waals surface area contributed by atoms with Crippen molar-refractivity contribution in [2.75, 3.05) is 40.4 Å². The molecule has 1 aliphatic heterocycles. The van der Waals surface area contributed by atoms with Gasteiger partial charge in [-0.15, -0.1) is 0 Å². The fraction of sp³-hybridized carbons (Fsp3) is 0.588. The van der Waals surface area contributed by atoms with Gasteiger partial charge in [0.05, 0.1) is 19.1 Å². The minimum Gasteiger partial charge on any atom is -0.496 e. The van der Waals surface area contributed by atoms with Crippen molar-refractivity contribution in [1.82, 2.24) is 9.21 Å². The average Bonchev–Trinajstić information content (AvgIpc) is 2.84. The Morgan fingerprint density at radius 3 is 2.32 bits per heavy atom. The topological polar surface area (TPSA) is 76.2 Å². The van der Waals surface area contributed by atoms with Crippen LogP contribution in [0.2, 0.25) is 0 Å². The Bertz CT molecular complexity index is 761. The lowest BCUT2D eigenvalue weighted by Crippen LogP contribution is -2.37. The summed E-state index contributed by atoms with van der Waals surface area (Å²) in [5.41, 5.74) is 2.30. The Kier molecular flexibility index (Phi) is 5.95. The van der Waals surface area contributed by atoms with E-state index in [4.69, 9.17) is 9.47 Å². The number of carbonyl (C=O) groups excluding carboxylic acids is 1. The van der Waals surface area contributed by atoms with E-state index in [0.29, 0.717) is 42.3 Å². The monoisotopic (exact) mass is 370 g/mol. The predicted molar refractivity (Wildman–Crippen MR) is 94.6 cm³/mol. The van der Waals surface area contributed by atoms with E-state index in [1.54, 1.807) is 20.1 Å². The zero-order chi connectivity index (χ0) is 18.8. The molecule has 2 rings (SSSR count). The maximum atomic E-state index is 13.2. The van der Waals surface area contributed by atoms with E-state index in [0.717, 1.165) is 11.1 Å². The quantitative estimate of drug-likeness (QED) is 0.814. The molecule has 0 radical (unpaired) electrons. The summed E-state index contributed by atoms with van der Waals surface area (Å²) in [6, 6.07) is 1.67. The van der Waals surface area contributed by atoms with Crippen LogP contribution in [0.15, 0.2) is 11.0 Å². The molecule has 1 amide bonds. The Labute approximate surface area is 149 Å². The maximum absolute atomic E-state index is 13.2. The van der Waals surface area contributed by atoms with Gasteiger partial charge < -0.3 is 14.4 Å². The zero-order valence-electron chi connectivity index (χ0n) is 15.5. The smallest absolute Gasteiger partial charge is 0.409 e. The largest absolute Gasteiger partial charge is 0.496 e. The summed E-state index contributed by atoms with van der Waals surface area (Å²) < 4.78 is 37.9. The average molecular weight is 370 g/mol. The number of amides is 1. The molecule has 0 saturated carbocycles. The van der Waals surface area contributed by atoms with Gasteiger partial charge in [0.1, 0.15) is 5.75 Å². The first-order chi connectivity index (χ1) is 11.7. The minimum absolute atomic E-state index is 0.251. The van der Waals surface area contributed by atoms with E-state index in [-0.39, 0.29) is 6.54 Å². The first-order valence-electron chi connectivity index (χ1n) is 8.21. The van der Waals surface area contributed by atoms with Gasteiger partial charge in [0.25, 0.3) is 0 Å². The number of hydrogen-bond donors (Lipinski definition) is 0. The molecule has 1 aromatic rings. The number of ether oxygens (including phenoxy) is 2. The first-order valence-corrected chi connectivity index (χ1v) is 9.65. The van der Waals surface area contributed by atoms with Gasteiger partial charge >= 0.3 is 6.09 Å². The van der Waals surface area contributed by atoms with Crippen LogP contribution in [-0.2, 0) is 14.8 Å². The van der Waals surface area contributed by atoms with Crippen molar-refractivity contribution in [1.29, 1.82) is 0 Å². The number of carbonyl (C=O) groups is 1. The third-order valence-corrected chi connectivity index (χ3v) is 6.71. The van der Waals surface area contributed by atoms with E-state index in [1.807, 2.05) is 13.8 Å². The SMILES string of the molecule is COC(=O)N1CCCN(S(=O)(=O)c2cc(C)c(OC)c(C)c2C)CC1. The van der Waals surface area contributed by atoms with Gasteiger partial charge in [-0.05, 0) is 49.9 Å². The molecule has 0 N–H and O–H groups in total. The van der Waals surface area contributed by atoms with E-state index in [2.05, 4.69) is 0 Å². The second-order valence-corrected chi connectivity index (χ2v) is 8.10. The predicted octanol–water partition coefficient (Wildman–Crippen LogP) is 2.08. The Morgan fingerprint density at radius 1 is 1.04 bits per heavy atom. The highest BCUT2D eigenvalue weighted by Gasteiger charge is 2.30. The van der Waals surface area contributed by atoms with Crippen molar-refractivity contribution in [2.24, 2.45) is 0 Å². The van der Waals surface area contributed by atoms with Crippen molar-refractivity contribution in [3.63, 3.8) is 0 Å². The number of nitrogens with zero attached hydrogens (tertiary/aromatic N) is 2. The minimum atomic E-state index is -3.64. The Morgan fingerprint density at radius 2 is 1.72 bits per heavy atom. The summed E-state index contributed by atoms with van der Waals surface area (Å²) in [7, 11) is -0.733. The summed E-state index contributed by atoms with van der Waals surface area (Å²) in [5.74, 6) is 0.712. The lowest BCUT2D eigenvalue weighted by atomic mass is 10.1. The van der Waals surface area contributed by atoms with Gasteiger partial charge in [-0.2, -0.15) is 4.31 Å². The van der Waals surface area contributed by atoms with Crippen LogP contribution in [0, 0.1) is 20.8 Å². The van der Waals surface area contributed by atoms with Crippen molar-refractivity contribution >= 4 is 16.1 Å². The molecule has 0 aliphatic carbocycles. The van der Waals surface area contributed by atoms with Crippen molar-refractivity contribution in [3.05, 3.63) is 22.8 Å². The summed E-state index contributed by atoms with van der Waals surface area (Å²) in [4.78, 5) is 13.5. The van der Waals surface area contributed by atoms with Crippen LogP contribution >= 0.6 is 0 Å². The van der Waals surface area contributed by atoms with E-state index < -0.39 is 16.1 Å². The summed E-state index contributed by atoms with van der Waals surface area (Å²) in [6.07, 6.45) is 0.146. The molecule has 140 valence electrons. The van der Waals surface area contributed by atoms with Crippen LogP contribution in [0.3, 0.4) is 0 Å². The van der Waals surface area contributed by atoms with Gasteiger partial charge in [-0.25, -0.2) is 13.2 Å². The molecule has 1 saturated heterocycles. The van der Waals surface area contributed by atoms with E-state index in [9.17, 15) is 13.2 Å². The van der Waals surface area contributed by atoms with Crippen molar-refractivity contribution < 1.29 is 22.7 Å². The molecule has 1 heterocycles. The molecular weight excluding hydrogens is 344 g/mol. The van der Waals surface area contributed by atoms with Crippen LogP contribution in [-0.4, -0.2) is 64.1 Å². The van der Waals surface area contributed by atoms with Gasteiger partial charge in [-0.3, -0.25) is 0 Å². The van der Waals surface area contributed by atoms with Gasteiger partial charge in [0.2, 0.25) is 10.0 Å². The molecule has 0 atom stereocenters. The van der Waals surface area contributed by atoms with Crippen LogP contribution in [0.4, 0.5) is 4.79 Å². The molecular formula is C17H26N2O5S. The third-order valence-electron chi connectivity index (χ3n) is 4.69. The number of sulfonamides is 1. The molecule has 0 spiro atoms. The molecule has 8 heteroatoms.